The van der Waals surface area contributed by atoms with Gasteiger partial charge in [-0.05, 0) is 53.1 Å². The van der Waals surface area contributed by atoms with Gasteiger partial charge >= 0.3 is 0 Å². The van der Waals surface area contributed by atoms with Crippen molar-refractivity contribution in [2.24, 2.45) is 5.92 Å². The highest BCUT2D eigenvalue weighted by Gasteiger charge is 2.30. The Kier molecular flexibility index (Phi) is 11.0. The Morgan fingerprint density at radius 2 is 1.49 bits per heavy atom. The fourth-order valence-electron chi connectivity index (χ4n) is 4.15. The molecule has 1 unspecified atom stereocenters. The fourth-order valence-corrected chi connectivity index (χ4v) is 4.47. The molecule has 3 rings (SSSR count). The average molecular weight is 540 g/mol. The van der Waals surface area contributed by atoms with E-state index in [-0.39, 0.29) is 18.4 Å². The number of amides is 2. The number of carbonyl (C=O) groups is 2. The summed E-state index contributed by atoms with van der Waals surface area (Å²) in [5.74, 6) is 0.0659. The van der Waals surface area contributed by atoms with Crippen molar-refractivity contribution in [2.45, 2.75) is 59.0 Å². The molecule has 0 aromatic heterocycles. The van der Waals surface area contributed by atoms with Gasteiger partial charge in [0.15, 0.2) is 0 Å². The second-order valence-electron chi connectivity index (χ2n) is 9.78. The quantitative estimate of drug-likeness (QED) is 0.272. The van der Waals surface area contributed by atoms with Crippen LogP contribution in [0.25, 0.3) is 0 Å². The lowest BCUT2D eigenvalue weighted by Crippen LogP contribution is -2.51. The zero-order chi connectivity index (χ0) is 26.8. The van der Waals surface area contributed by atoms with E-state index in [1.54, 1.807) is 17.0 Å². The third-order valence-corrected chi connectivity index (χ3v) is 7.09. The Bertz CT molecular complexity index is 1160. The minimum Gasteiger partial charge on any atom is -0.354 e. The highest BCUT2D eigenvalue weighted by Crippen LogP contribution is 2.25. The first-order chi connectivity index (χ1) is 17.8. The SMILES string of the molecule is CCc1ccc(CCC(=O)N(Cc2ccc(Cl)c(Cl)c2)C(Cc2ccccc2)C(=O)NCC(C)C)cc1. The van der Waals surface area contributed by atoms with E-state index in [2.05, 4.69) is 50.4 Å². The summed E-state index contributed by atoms with van der Waals surface area (Å²) < 4.78 is 0. The second kappa shape index (κ2) is 14.2. The summed E-state index contributed by atoms with van der Waals surface area (Å²) in [6.45, 7) is 7.03. The van der Waals surface area contributed by atoms with Crippen molar-refractivity contribution in [3.8, 4) is 0 Å². The summed E-state index contributed by atoms with van der Waals surface area (Å²) in [4.78, 5) is 29.0. The summed E-state index contributed by atoms with van der Waals surface area (Å²) in [5, 5.41) is 3.93. The molecule has 0 heterocycles. The third-order valence-electron chi connectivity index (χ3n) is 6.35. The maximum Gasteiger partial charge on any atom is 0.243 e. The Balaban J connectivity index is 1.90. The fraction of sp³-hybridized carbons (Fsp3) is 0.355. The van der Waals surface area contributed by atoms with Crippen LogP contribution in [0.5, 0.6) is 0 Å². The first kappa shape index (κ1) is 28.7. The van der Waals surface area contributed by atoms with Crippen molar-refractivity contribution in [2.75, 3.05) is 6.54 Å². The minimum atomic E-state index is -0.662. The summed E-state index contributed by atoms with van der Waals surface area (Å²) >= 11 is 12.4. The second-order valence-corrected chi connectivity index (χ2v) is 10.6. The first-order valence-electron chi connectivity index (χ1n) is 12.9. The monoisotopic (exact) mass is 538 g/mol. The van der Waals surface area contributed by atoms with Crippen molar-refractivity contribution in [1.82, 2.24) is 10.2 Å². The molecule has 6 heteroatoms. The third kappa shape index (κ3) is 8.91. The van der Waals surface area contributed by atoms with E-state index in [1.165, 1.54) is 5.56 Å². The molecule has 1 atom stereocenters. The molecule has 0 aliphatic heterocycles. The highest BCUT2D eigenvalue weighted by atomic mass is 35.5. The molecule has 3 aromatic rings. The van der Waals surface area contributed by atoms with Gasteiger partial charge in [-0.1, -0.05) is 105 Å². The zero-order valence-corrected chi connectivity index (χ0v) is 23.4. The summed E-state index contributed by atoms with van der Waals surface area (Å²) in [6.07, 6.45) is 2.30. The molecule has 0 bridgehead atoms. The maximum atomic E-state index is 13.8. The molecule has 0 saturated heterocycles. The van der Waals surface area contributed by atoms with Gasteiger partial charge in [-0.3, -0.25) is 9.59 Å². The van der Waals surface area contributed by atoms with Gasteiger partial charge in [-0.2, -0.15) is 0 Å². The van der Waals surface area contributed by atoms with Crippen LogP contribution >= 0.6 is 23.2 Å². The van der Waals surface area contributed by atoms with Crippen molar-refractivity contribution in [3.63, 3.8) is 0 Å². The molecule has 0 radical (unpaired) electrons. The van der Waals surface area contributed by atoms with Crippen LogP contribution in [0.15, 0.2) is 72.8 Å². The van der Waals surface area contributed by atoms with Crippen LogP contribution in [0.1, 0.15) is 49.4 Å². The molecule has 0 spiro atoms. The number of benzene rings is 3. The minimum absolute atomic E-state index is 0.0775. The Morgan fingerprint density at radius 3 is 2.11 bits per heavy atom. The molecule has 4 nitrogen and oxygen atoms in total. The lowest BCUT2D eigenvalue weighted by molar-refractivity contribution is -0.141. The van der Waals surface area contributed by atoms with Gasteiger partial charge in [0.2, 0.25) is 11.8 Å². The van der Waals surface area contributed by atoms with E-state index < -0.39 is 6.04 Å². The van der Waals surface area contributed by atoms with Gasteiger partial charge in [0.25, 0.3) is 0 Å². The number of rotatable bonds is 12. The molecule has 1 N–H and O–H groups in total. The lowest BCUT2D eigenvalue weighted by Gasteiger charge is -2.32. The van der Waals surface area contributed by atoms with E-state index >= 15 is 0 Å². The lowest BCUT2D eigenvalue weighted by atomic mass is 10.0. The van der Waals surface area contributed by atoms with E-state index in [9.17, 15) is 9.59 Å². The molecule has 0 aliphatic rings. The largest absolute Gasteiger partial charge is 0.354 e. The van der Waals surface area contributed by atoms with Gasteiger partial charge in [-0.25, -0.2) is 0 Å². The van der Waals surface area contributed by atoms with Crippen LogP contribution in [-0.2, 0) is 35.4 Å². The van der Waals surface area contributed by atoms with Crippen LogP contribution in [0.3, 0.4) is 0 Å². The average Bonchev–Trinajstić information content (AvgIpc) is 2.90. The van der Waals surface area contributed by atoms with Gasteiger partial charge in [0, 0.05) is 25.9 Å². The summed E-state index contributed by atoms with van der Waals surface area (Å²) in [5.41, 5.74) is 4.18. The molecule has 0 saturated carbocycles. The summed E-state index contributed by atoms with van der Waals surface area (Å²) in [7, 11) is 0. The molecule has 196 valence electrons. The van der Waals surface area contributed by atoms with E-state index in [1.807, 2.05) is 36.4 Å². The van der Waals surface area contributed by atoms with E-state index in [0.29, 0.717) is 41.8 Å². The predicted molar refractivity (Wildman–Crippen MR) is 153 cm³/mol. The molecular weight excluding hydrogens is 503 g/mol. The Hall–Kier alpha value is -2.82. The predicted octanol–water partition coefficient (Wildman–Crippen LogP) is 6.90. The number of halogens is 2. The van der Waals surface area contributed by atoms with Crippen molar-refractivity contribution < 1.29 is 9.59 Å². The topological polar surface area (TPSA) is 49.4 Å². The number of nitrogens with one attached hydrogen (secondary N) is 1. The van der Waals surface area contributed by atoms with Gasteiger partial charge in [0.05, 0.1) is 10.0 Å². The maximum absolute atomic E-state index is 13.8. The molecule has 37 heavy (non-hydrogen) atoms. The molecule has 2 amide bonds. The molecule has 0 fully saturated rings. The zero-order valence-electron chi connectivity index (χ0n) is 21.8. The smallest absolute Gasteiger partial charge is 0.243 e. The van der Waals surface area contributed by atoms with Gasteiger partial charge in [0.1, 0.15) is 6.04 Å². The molecule has 3 aromatic carbocycles. The van der Waals surface area contributed by atoms with Crippen LogP contribution < -0.4 is 5.32 Å². The number of hydrogen-bond acceptors (Lipinski definition) is 2. The number of hydrogen-bond donors (Lipinski definition) is 1. The number of aryl methyl sites for hydroxylation is 2. The Labute approximate surface area is 231 Å². The van der Waals surface area contributed by atoms with Crippen LogP contribution in [0.2, 0.25) is 10.0 Å². The van der Waals surface area contributed by atoms with Crippen molar-refractivity contribution >= 4 is 35.0 Å². The van der Waals surface area contributed by atoms with Crippen molar-refractivity contribution in [1.29, 1.82) is 0 Å². The standard InChI is InChI=1S/C31H36Cl2N2O2/c1-4-23-10-12-24(13-11-23)15-17-30(36)35(21-26-14-16-27(32)28(33)18-26)29(31(37)34-20-22(2)3)19-25-8-6-5-7-9-25/h5-14,16,18,22,29H,4,15,17,19-21H2,1-3H3,(H,34,37). The van der Waals surface area contributed by atoms with Gasteiger partial charge < -0.3 is 10.2 Å². The summed E-state index contributed by atoms with van der Waals surface area (Å²) in [6, 6.07) is 22.8. The van der Waals surface area contributed by atoms with Gasteiger partial charge in [-0.15, -0.1) is 0 Å². The van der Waals surface area contributed by atoms with Crippen LogP contribution in [0.4, 0.5) is 0 Å². The Morgan fingerprint density at radius 1 is 0.838 bits per heavy atom. The van der Waals surface area contributed by atoms with E-state index in [0.717, 1.165) is 23.1 Å². The van der Waals surface area contributed by atoms with Crippen LogP contribution in [-0.4, -0.2) is 29.3 Å². The number of nitrogens with zero attached hydrogens (tertiary/aromatic N) is 1. The number of carbonyl (C=O) groups excluding carboxylic acids is 2. The van der Waals surface area contributed by atoms with E-state index in [4.69, 9.17) is 23.2 Å². The first-order valence-corrected chi connectivity index (χ1v) is 13.6. The molecular formula is C31H36Cl2N2O2. The highest BCUT2D eigenvalue weighted by molar-refractivity contribution is 6.42. The van der Waals surface area contributed by atoms with Crippen LogP contribution in [0, 0.1) is 5.92 Å². The van der Waals surface area contributed by atoms with Crippen molar-refractivity contribution in [3.05, 3.63) is 105 Å². The molecule has 0 aliphatic carbocycles. The normalized spacial score (nSPS) is 11.8.